The van der Waals surface area contributed by atoms with E-state index in [0.29, 0.717) is 0 Å². The van der Waals surface area contributed by atoms with Crippen molar-refractivity contribution in [1.82, 2.24) is 0 Å². The molecule has 0 unspecified atom stereocenters. The summed E-state index contributed by atoms with van der Waals surface area (Å²) in [6, 6.07) is 21.5. The number of pyridine rings is 1. The molecule has 1 aromatic heterocycles. The normalized spacial score (nSPS) is 15.7. The number of nitrogens with zero attached hydrogens (tertiary/aromatic N) is 1. The van der Waals surface area contributed by atoms with Gasteiger partial charge in [0.25, 0.3) is 0 Å². The van der Waals surface area contributed by atoms with Crippen LogP contribution in [0.4, 0.5) is 0 Å². The molecule has 1 aliphatic rings. The maximum atomic E-state index is 2.35. The van der Waals surface area contributed by atoms with Crippen LogP contribution in [0.15, 0.2) is 66.9 Å². The summed E-state index contributed by atoms with van der Waals surface area (Å²) in [7, 11) is 0. The first-order chi connectivity index (χ1) is 9.92. The SMILES string of the molecule is C(=C1CC[n+]2ccccc21)c1cccc2ccccc12. The van der Waals surface area contributed by atoms with Crippen LogP contribution in [0.3, 0.4) is 0 Å². The standard InChI is InChI=1S/C19H16N/c1-2-9-18-15(6-1)7-5-8-16(18)14-17-11-13-20-12-4-3-10-19(17)20/h1-10,12,14H,11,13H2/q+1. The number of hydrogen-bond donors (Lipinski definition) is 0. The quantitative estimate of drug-likeness (QED) is 0.579. The van der Waals surface area contributed by atoms with Crippen LogP contribution >= 0.6 is 0 Å². The van der Waals surface area contributed by atoms with E-state index in [0.717, 1.165) is 13.0 Å². The highest BCUT2D eigenvalue weighted by Gasteiger charge is 2.22. The van der Waals surface area contributed by atoms with Gasteiger partial charge in [0, 0.05) is 24.1 Å². The number of hydrogen-bond acceptors (Lipinski definition) is 0. The maximum absolute atomic E-state index is 2.35. The van der Waals surface area contributed by atoms with E-state index in [4.69, 9.17) is 0 Å². The maximum Gasteiger partial charge on any atom is 0.208 e. The first kappa shape index (κ1) is 11.4. The summed E-state index contributed by atoms with van der Waals surface area (Å²) in [5.41, 5.74) is 4.10. The highest BCUT2D eigenvalue weighted by Crippen LogP contribution is 2.27. The van der Waals surface area contributed by atoms with Gasteiger partial charge < -0.3 is 0 Å². The van der Waals surface area contributed by atoms with E-state index in [1.807, 2.05) is 0 Å². The summed E-state index contributed by atoms with van der Waals surface area (Å²) in [5.74, 6) is 0. The molecule has 1 aliphatic heterocycles. The second-order valence-corrected chi connectivity index (χ2v) is 5.27. The first-order valence-electron chi connectivity index (χ1n) is 7.09. The molecule has 0 aliphatic carbocycles. The van der Waals surface area contributed by atoms with Crippen molar-refractivity contribution in [1.29, 1.82) is 0 Å². The molecule has 0 bridgehead atoms. The van der Waals surface area contributed by atoms with E-state index in [2.05, 4.69) is 77.5 Å². The number of benzene rings is 2. The number of allylic oxidation sites excluding steroid dienone is 1. The van der Waals surface area contributed by atoms with Crippen LogP contribution in [0.25, 0.3) is 22.4 Å². The van der Waals surface area contributed by atoms with Crippen molar-refractivity contribution in [2.24, 2.45) is 0 Å². The molecular formula is C19H16N+. The van der Waals surface area contributed by atoms with Gasteiger partial charge in [0.2, 0.25) is 5.69 Å². The Morgan fingerprint density at radius 3 is 2.70 bits per heavy atom. The van der Waals surface area contributed by atoms with Crippen LogP contribution in [0.2, 0.25) is 0 Å². The van der Waals surface area contributed by atoms with Crippen molar-refractivity contribution in [3.8, 4) is 0 Å². The van der Waals surface area contributed by atoms with E-state index in [-0.39, 0.29) is 0 Å². The Labute approximate surface area is 118 Å². The average molecular weight is 258 g/mol. The zero-order valence-electron chi connectivity index (χ0n) is 11.3. The topological polar surface area (TPSA) is 3.88 Å². The van der Waals surface area contributed by atoms with E-state index < -0.39 is 0 Å². The minimum atomic E-state index is 1.09. The van der Waals surface area contributed by atoms with Crippen LogP contribution in [0, 0.1) is 0 Å². The van der Waals surface area contributed by atoms with Crippen LogP contribution < -0.4 is 4.57 Å². The highest BCUT2D eigenvalue weighted by atomic mass is 15.0. The van der Waals surface area contributed by atoms with Gasteiger partial charge in [0.05, 0.1) is 0 Å². The van der Waals surface area contributed by atoms with E-state index >= 15 is 0 Å². The lowest BCUT2D eigenvalue weighted by molar-refractivity contribution is -0.689. The third-order valence-electron chi connectivity index (χ3n) is 4.04. The van der Waals surface area contributed by atoms with Crippen molar-refractivity contribution >= 4 is 22.4 Å². The van der Waals surface area contributed by atoms with Gasteiger partial charge in [-0.15, -0.1) is 0 Å². The Morgan fingerprint density at radius 2 is 1.70 bits per heavy atom. The molecule has 0 atom stereocenters. The third kappa shape index (κ3) is 1.83. The van der Waals surface area contributed by atoms with Crippen LogP contribution in [0.5, 0.6) is 0 Å². The molecule has 3 aromatic rings. The zero-order chi connectivity index (χ0) is 13.4. The minimum absolute atomic E-state index is 1.09. The van der Waals surface area contributed by atoms with Gasteiger partial charge in [-0.3, -0.25) is 0 Å². The zero-order valence-corrected chi connectivity index (χ0v) is 11.3. The molecule has 96 valence electrons. The van der Waals surface area contributed by atoms with Gasteiger partial charge in [-0.2, -0.15) is 4.57 Å². The number of aromatic nitrogens is 1. The predicted molar refractivity (Wildman–Crippen MR) is 83.1 cm³/mol. The summed E-state index contributed by atoms with van der Waals surface area (Å²) in [6.45, 7) is 1.09. The Balaban J connectivity index is 1.88. The minimum Gasteiger partial charge on any atom is -0.198 e. The van der Waals surface area contributed by atoms with Crippen LogP contribution in [0.1, 0.15) is 17.7 Å². The lowest BCUT2D eigenvalue weighted by atomic mass is 10.0. The molecule has 0 saturated heterocycles. The Kier molecular flexibility index (Phi) is 2.63. The molecule has 0 radical (unpaired) electrons. The van der Waals surface area contributed by atoms with Gasteiger partial charge in [0.15, 0.2) is 12.7 Å². The molecule has 0 fully saturated rings. The Bertz CT molecular complexity index is 809. The molecule has 4 rings (SSSR count). The monoisotopic (exact) mass is 258 g/mol. The fraction of sp³-hybridized carbons (Fsp3) is 0.105. The van der Waals surface area contributed by atoms with Gasteiger partial charge in [-0.25, -0.2) is 0 Å². The first-order valence-corrected chi connectivity index (χ1v) is 7.09. The molecule has 1 nitrogen and oxygen atoms in total. The third-order valence-corrected chi connectivity index (χ3v) is 4.04. The number of fused-ring (bicyclic) bond motifs is 2. The highest BCUT2D eigenvalue weighted by molar-refractivity contribution is 5.94. The summed E-state index contributed by atoms with van der Waals surface area (Å²) in [5, 5.41) is 2.64. The second-order valence-electron chi connectivity index (χ2n) is 5.27. The van der Waals surface area contributed by atoms with Crippen molar-refractivity contribution < 1.29 is 4.57 Å². The summed E-state index contributed by atoms with van der Waals surface area (Å²) in [4.78, 5) is 0. The van der Waals surface area contributed by atoms with Crippen molar-refractivity contribution in [3.05, 3.63) is 78.1 Å². The van der Waals surface area contributed by atoms with Gasteiger partial charge >= 0.3 is 0 Å². The summed E-state index contributed by atoms with van der Waals surface area (Å²) < 4.78 is 2.33. The Morgan fingerprint density at radius 1 is 0.850 bits per heavy atom. The van der Waals surface area contributed by atoms with E-state index in [9.17, 15) is 0 Å². The smallest absolute Gasteiger partial charge is 0.198 e. The fourth-order valence-corrected chi connectivity index (χ4v) is 3.04. The van der Waals surface area contributed by atoms with Crippen molar-refractivity contribution in [3.63, 3.8) is 0 Å². The molecule has 0 amide bonds. The lowest BCUT2D eigenvalue weighted by Gasteiger charge is -2.02. The van der Waals surface area contributed by atoms with Gasteiger partial charge in [-0.1, -0.05) is 42.5 Å². The van der Waals surface area contributed by atoms with Gasteiger partial charge in [-0.05, 0) is 28.5 Å². The molecule has 20 heavy (non-hydrogen) atoms. The molecule has 2 aromatic carbocycles. The van der Waals surface area contributed by atoms with E-state index in [1.165, 1.54) is 27.6 Å². The molecule has 2 heterocycles. The lowest BCUT2D eigenvalue weighted by Crippen LogP contribution is -2.31. The summed E-state index contributed by atoms with van der Waals surface area (Å²) in [6.07, 6.45) is 5.63. The van der Waals surface area contributed by atoms with E-state index in [1.54, 1.807) is 0 Å². The predicted octanol–water partition coefficient (Wildman–Crippen LogP) is 4.07. The largest absolute Gasteiger partial charge is 0.208 e. The summed E-state index contributed by atoms with van der Waals surface area (Å²) >= 11 is 0. The van der Waals surface area contributed by atoms with Crippen LogP contribution in [-0.4, -0.2) is 0 Å². The fourth-order valence-electron chi connectivity index (χ4n) is 3.04. The number of rotatable bonds is 1. The van der Waals surface area contributed by atoms with Crippen molar-refractivity contribution in [2.75, 3.05) is 0 Å². The second kappa shape index (κ2) is 4.61. The molecule has 0 spiro atoms. The molecular weight excluding hydrogens is 242 g/mol. The number of aryl methyl sites for hydroxylation is 1. The average Bonchev–Trinajstić information content (AvgIpc) is 2.91. The Hall–Kier alpha value is -2.41. The van der Waals surface area contributed by atoms with Crippen LogP contribution in [-0.2, 0) is 6.54 Å². The van der Waals surface area contributed by atoms with Crippen molar-refractivity contribution in [2.45, 2.75) is 13.0 Å². The molecule has 1 heteroatoms. The molecule has 0 saturated carbocycles. The van der Waals surface area contributed by atoms with Gasteiger partial charge in [0.1, 0.15) is 0 Å². The molecule has 0 N–H and O–H groups in total.